The number of carbonyl (C=O) groups excluding carboxylic acids is 1. The van der Waals surface area contributed by atoms with Gasteiger partial charge in [0, 0.05) is 35.1 Å². The number of anilines is 1. The molecule has 7 heteroatoms. The van der Waals surface area contributed by atoms with E-state index in [-0.39, 0.29) is 11.3 Å². The molecule has 1 saturated carbocycles. The molecule has 2 heterocycles. The third-order valence-corrected chi connectivity index (χ3v) is 7.23. The molecule has 2 unspecified atom stereocenters. The molecular weight excluding hydrogens is 380 g/mol. The molecule has 142 valence electrons. The molecule has 0 spiro atoms. The Kier molecular flexibility index (Phi) is 4.39. The van der Waals surface area contributed by atoms with Crippen LogP contribution >= 0.6 is 11.3 Å². The SMILES string of the molecule is CC1(c2cccc(NS(C)(=O)=O)c2)C2CN(C(=O)C=Cc3cccs3)CC21. The molecule has 2 aliphatic rings. The van der Waals surface area contributed by atoms with Crippen molar-refractivity contribution in [3.8, 4) is 0 Å². The van der Waals surface area contributed by atoms with Gasteiger partial charge in [-0.25, -0.2) is 8.42 Å². The number of hydrogen-bond donors (Lipinski definition) is 1. The van der Waals surface area contributed by atoms with Crippen molar-refractivity contribution in [2.45, 2.75) is 12.3 Å². The van der Waals surface area contributed by atoms with Crippen molar-refractivity contribution in [2.75, 3.05) is 24.1 Å². The number of hydrogen-bond acceptors (Lipinski definition) is 4. The van der Waals surface area contributed by atoms with E-state index in [1.165, 1.54) is 0 Å². The first-order valence-electron chi connectivity index (χ1n) is 8.86. The minimum absolute atomic E-state index is 0.00341. The summed E-state index contributed by atoms with van der Waals surface area (Å²) in [6.07, 6.45) is 4.68. The summed E-state index contributed by atoms with van der Waals surface area (Å²) >= 11 is 1.61. The summed E-state index contributed by atoms with van der Waals surface area (Å²) in [5.41, 5.74) is 1.73. The molecule has 1 N–H and O–H groups in total. The molecule has 2 aromatic rings. The number of benzene rings is 1. The third kappa shape index (κ3) is 3.53. The molecule has 1 amide bonds. The third-order valence-electron chi connectivity index (χ3n) is 5.78. The summed E-state index contributed by atoms with van der Waals surface area (Å²) in [6, 6.07) is 11.6. The van der Waals surface area contributed by atoms with Crippen LogP contribution in [-0.2, 0) is 20.2 Å². The lowest BCUT2D eigenvalue weighted by Crippen LogP contribution is -2.33. The Morgan fingerprint density at radius 3 is 2.63 bits per heavy atom. The van der Waals surface area contributed by atoms with Crippen LogP contribution in [0, 0.1) is 11.8 Å². The van der Waals surface area contributed by atoms with E-state index in [1.807, 2.05) is 40.6 Å². The van der Waals surface area contributed by atoms with Crippen molar-refractivity contribution in [1.82, 2.24) is 4.90 Å². The van der Waals surface area contributed by atoms with Crippen LogP contribution in [0.5, 0.6) is 0 Å². The van der Waals surface area contributed by atoms with Gasteiger partial charge in [-0.1, -0.05) is 25.1 Å². The first kappa shape index (κ1) is 18.3. The summed E-state index contributed by atoms with van der Waals surface area (Å²) < 4.78 is 25.5. The van der Waals surface area contributed by atoms with Gasteiger partial charge in [-0.05, 0) is 47.1 Å². The van der Waals surface area contributed by atoms with Crippen LogP contribution in [0.15, 0.2) is 47.9 Å². The van der Waals surface area contributed by atoms with Gasteiger partial charge in [0.25, 0.3) is 0 Å². The van der Waals surface area contributed by atoms with Gasteiger partial charge in [0.05, 0.1) is 6.26 Å². The molecule has 1 aliphatic heterocycles. The lowest BCUT2D eigenvalue weighted by Gasteiger charge is -2.24. The van der Waals surface area contributed by atoms with E-state index in [9.17, 15) is 13.2 Å². The number of nitrogens with one attached hydrogen (secondary N) is 1. The molecule has 4 rings (SSSR count). The van der Waals surface area contributed by atoms with E-state index in [1.54, 1.807) is 23.5 Å². The zero-order valence-electron chi connectivity index (χ0n) is 15.3. The van der Waals surface area contributed by atoms with Crippen molar-refractivity contribution in [3.05, 3.63) is 58.3 Å². The first-order valence-corrected chi connectivity index (χ1v) is 11.6. The summed E-state index contributed by atoms with van der Waals surface area (Å²) in [7, 11) is -3.29. The van der Waals surface area contributed by atoms with E-state index in [2.05, 4.69) is 17.7 Å². The normalized spacial score (nSPS) is 27.0. The summed E-state index contributed by atoms with van der Waals surface area (Å²) in [5.74, 6) is 0.903. The van der Waals surface area contributed by atoms with Crippen LogP contribution in [0.25, 0.3) is 6.08 Å². The molecule has 0 radical (unpaired) electrons. The van der Waals surface area contributed by atoms with Crippen molar-refractivity contribution in [3.63, 3.8) is 0 Å². The van der Waals surface area contributed by atoms with Crippen molar-refractivity contribution in [2.24, 2.45) is 11.8 Å². The van der Waals surface area contributed by atoms with E-state index >= 15 is 0 Å². The van der Waals surface area contributed by atoms with Crippen LogP contribution < -0.4 is 4.72 Å². The van der Waals surface area contributed by atoms with Crippen LogP contribution in [0.4, 0.5) is 5.69 Å². The highest BCUT2D eigenvalue weighted by Gasteiger charge is 2.66. The Bertz CT molecular complexity index is 984. The predicted octanol–water partition coefficient (Wildman–Crippen LogP) is 3.18. The monoisotopic (exact) mass is 402 g/mol. The standard InChI is InChI=1S/C20H22N2O3S2/c1-20(14-5-3-6-15(11-14)21-27(2,24)25)17-12-22(13-18(17)20)19(23)9-8-16-7-4-10-26-16/h3-11,17-18,21H,12-13H2,1-2H3. The van der Waals surface area contributed by atoms with Gasteiger partial charge < -0.3 is 4.90 Å². The van der Waals surface area contributed by atoms with Crippen molar-refractivity contribution in [1.29, 1.82) is 0 Å². The fourth-order valence-corrected chi connectivity index (χ4v) is 5.44. The summed E-state index contributed by atoms with van der Waals surface area (Å²) in [5, 5.41) is 1.99. The minimum atomic E-state index is -3.29. The van der Waals surface area contributed by atoms with Gasteiger partial charge in [0.2, 0.25) is 15.9 Å². The van der Waals surface area contributed by atoms with Gasteiger partial charge in [0.15, 0.2) is 0 Å². The molecule has 1 saturated heterocycles. The first-order chi connectivity index (χ1) is 12.8. The number of amides is 1. The lowest BCUT2D eigenvalue weighted by atomic mass is 9.92. The van der Waals surface area contributed by atoms with E-state index in [4.69, 9.17) is 0 Å². The number of rotatable bonds is 5. The van der Waals surface area contributed by atoms with Gasteiger partial charge in [-0.3, -0.25) is 9.52 Å². The fraction of sp³-hybridized carbons (Fsp3) is 0.350. The molecule has 2 atom stereocenters. The summed E-state index contributed by atoms with van der Waals surface area (Å²) in [4.78, 5) is 15.4. The minimum Gasteiger partial charge on any atom is -0.339 e. The number of thiophene rings is 1. The Hall–Kier alpha value is -2.12. The van der Waals surface area contributed by atoms with Gasteiger partial charge in [-0.2, -0.15) is 0 Å². The highest BCUT2D eigenvalue weighted by molar-refractivity contribution is 7.92. The molecule has 0 bridgehead atoms. The van der Waals surface area contributed by atoms with Crippen LogP contribution in [0.2, 0.25) is 0 Å². The van der Waals surface area contributed by atoms with E-state index in [0.717, 1.165) is 29.8 Å². The molecule has 5 nitrogen and oxygen atoms in total. The Morgan fingerprint density at radius 1 is 1.26 bits per heavy atom. The zero-order chi connectivity index (χ0) is 19.2. The van der Waals surface area contributed by atoms with Gasteiger partial charge in [-0.15, -0.1) is 11.3 Å². The maximum absolute atomic E-state index is 12.4. The van der Waals surface area contributed by atoms with Crippen molar-refractivity contribution < 1.29 is 13.2 Å². The number of sulfonamides is 1. The van der Waals surface area contributed by atoms with Gasteiger partial charge in [0.1, 0.15) is 0 Å². The number of likely N-dealkylation sites (tertiary alicyclic amines) is 1. The molecule has 1 aromatic heterocycles. The Balaban J connectivity index is 1.43. The zero-order valence-corrected chi connectivity index (χ0v) is 16.9. The number of fused-ring (bicyclic) bond motifs is 1. The number of carbonyl (C=O) groups is 1. The molecule has 27 heavy (non-hydrogen) atoms. The van der Waals surface area contributed by atoms with E-state index < -0.39 is 10.0 Å². The molecule has 1 aliphatic carbocycles. The van der Waals surface area contributed by atoms with Crippen LogP contribution in [0.1, 0.15) is 17.4 Å². The van der Waals surface area contributed by atoms with Crippen molar-refractivity contribution >= 4 is 39.0 Å². The number of nitrogens with zero attached hydrogens (tertiary/aromatic N) is 1. The molecule has 2 fully saturated rings. The fourth-order valence-electron chi connectivity index (χ4n) is 4.27. The highest BCUT2D eigenvalue weighted by atomic mass is 32.2. The smallest absolute Gasteiger partial charge is 0.246 e. The second-order valence-corrected chi connectivity index (χ2v) is 10.3. The summed E-state index contributed by atoms with van der Waals surface area (Å²) in [6.45, 7) is 3.71. The topological polar surface area (TPSA) is 66.5 Å². The average Bonchev–Trinajstić information content (AvgIpc) is 3.07. The lowest BCUT2D eigenvalue weighted by molar-refractivity contribution is -0.125. The predicted molar refractivity (Wildman–Crippen MR) is 109 cm³/mol. The maximum Gasteiger partial charge on any atom is 0.246 e. The van der Waals surface area contributed by atoms with Gasteiger partial charge >= 0.3 is 0 Å². The van der Waals surface area contributed by atoms with Crippen LogP contribution in [0.3, 0.4) is 0 Å². The van der Waals surface area contributed by atoms with E-state index in [0.29, 0.717) is 17.5 Å². The second-order valence-electron chi connectivity index (χ2n) is 7.54. The highest BCUT2D eigenvalue weighted by Crippen LogP contribution is 2.63. The molecular formula is C20H22N2O3S2. The second kappa shape index (κ2) is 6.49. The largest absolute Gasteiger partial charge is 0.339 e. The average molecular weight is 403 g/mol. The maximum atomic E-state index is 12.4. The van der Waals surface area contributed by atoms with Crippen LogP contribution in [-0.4, -0.2) is 38.6 Å². The Morgan fingerprint density at radius 2 is 2.00 bits per heavy atom. The quantitative estimate of drug-likeness (QED) is 0.781. The Labute approximate surface area is 163 Å². The molecule has 1 aromatic carbocycles. The number of piperidine rings is 1.